The maximum Gasteiger partial charge on any atom is 0.227 e. The molecule has 18 heavy (non-hydrogen) atoms. The van der Waals surface area contributed by atoms with Gasteiger partial charge in [-0.05, 0) is 30.9 Å². The average molecular weight is 248 g/mol. The molecule has 1 aromatic heterocycles. The second-order valence-electron chi connectivity index (χ2n) is 6.21. The largest absolute Gasteiger partial charge is 0.339 e. The van der Waals surface area contributed by atoms with Crippen molar-refractivity contribution >= 4 is 5.91 Å². The van der Waals surface area contributed by atoms with Crippen LogP contribution in [0.2, 0.25) is 0 Å². The predicted octanol–water partition coefficient (Wildman–Crippen LogP) is 2.91. The van der Waals surface area contributed by atoms with E-state index in [-0.39, 0.29) is 17.4 Å². The van der Waals surface area contributed by atoms with Crippen molar-refractivity contribution in [3.63, 3.8) is 0 Å². The molecule has 0 spiro atoms. The summed E-state index contributed by atoms with van der Waals surface area (Å²) in [4.78, 5) is 18.3. The van der Waals surface area contributed by atoms with E-state index >= 15 is 0 Å². The Hall–Kier alpha value is -1.38. The number of nitrogens with zero attached hydrogens (tertiary/aromatic N) is 2. The molecule has 0 aliphatic heterocycles. The maximum absolute atomic E-state index is 12.3. The molecule has 0 saturated carbocycles. The Kier molecular flexibility index (Phi) is 4.88. The summed E-state index contributed by atoms with van der Waals surface area (Å²) in [5.41, 5.74) is 1.09. The van der Waals surface area contributed by atoms with Gasteiger partial charge >= 0.3 is 0 Å². The molecule has 0 N–H and O–H groups in total. The molecule has 0 saturated heterocycles. The lowest BCUT2D eigenvalue weighted by atomic mass is 9.95. The van der Waals surface area contributed by atoms with Crippen LogP contribution >= 0.6 is 0 Å². The number of hydrogen-bond acceptors (Lipinski definition) is 2. The van der Waals surface area contributed by atoms with Gasteiger partial charge in [-0.3, -0.25) is 9.78 Å². The van der Waals surface area contributed by atoms with E-state index in [9.17, 15) is 4.79 Å². The zero-order chi connectivity index (χ0) is 13.8. The van der Waals surface area contributed by atoms with Crippen molar-refractivity contribution in [3.05, 3.63) is 30.1 Å². The predicted molar refractivity (Wildman–Crippen MR) is 74.2 cm³/mol. The van der Waals surface area contributed by atoms with Crippen LogP contribution in [-0.4, -0.2) is 28.4 Å². The Labute approximate surface area is 110 Å². The molecule has 1 aromatic rings. The minimum atomic E-state index is 0.120. The highest BCUT2D eigenvalue weighted by Crippen LogP contribution is 2.18. The van der Waals surface area contributed by atoms with E-state index in [0.29, 0.717) is 6.42 Å². The van der Waals surface area contributed by atoms with Crippen molar-refractivity contribution in [1.82, 2.24) is 9.88 Å². The van der Waals surface area contributed by atoms with Crippen LogP contribution < -0.4 is 0 Å². The van der Waals surface area contributed by atoms with Gasteiger partial charge in [0.25, 0.3) is 0 Å². The average Bonchev–Trinajstić information content (AvgIpc) is 2.25. The van der Waals surface area contributed by atoms with Gasteiger partial charge in [0.05, 0.1) is 6.42 Å². The van der Waals surface area contributed by atoms with Crippen molar-refractivity contribution in [3.8, 4) is 0 Å². The van der Waals surface area contributed by atoms with Crippen LogP contribution in [0.3, 0.4) is 0 Å². The maximum atomic E-state index is 12.3. The zero-order valence-corrected chi connectivity index (χ0v) is 12.1. The third kappa shape index (κ3) is 4.86. The molecule has 0 bridgehead atoms. The van der Waals surface area contributed by atoms with Crippen LogP contribution in [0.5, 0.6) is 0 Å². The first-order valence-electron chi connectivity index (χ1n) is 6.48. The molecular weight excluding hydrogens is 224 g/mol. The lowest BCUT2D eigenvalue weighted by Gasteiger charge is -2.33. The van der Waals surface area contributed by atoms with E-state index in [0.717, 1.165) is 12.1 Å². The normalized spacial score (nSPS) is 11.7. The summed E-state index contributed by atoms with van der Waals surface area (Å²) >= 11 is 0. The van der Waals surface area contributed by atoms with Gasteiger partial charge in [0.1, 0.15) is 0 Å². The fraction of sp³-hybridized carbons (Fsp3) is 0.600. The van der Waals surface area contributed by atoms with Crippen molar-refractivity contribution in [2.45, 2.75) is 47.1 Å². The van der Waals surface area contributed by atoms with E-state index in [1.165, 1.54) is 0 Å². The third-order valence-corrected chi connectivity index (χ3v) is 2.67. The molecular formula is C15H24N2O. The summed E-state index contributed by atoms with van der Waals surface area (Å²) in [6.45, 7) is 11.4. The number of carbonyl (C=O) groups excluding carboxylic acids is 1. The SMILES string of the molecule is CC(C)N(CC(C)(C)C)C(=O)Cc1cccnc1. The van der Waals surface area contributed by atoms with Gasteiger partial charge in [0, 0.05) is 25.0 Å². The number of hydrogen-bond donors (Lipinski definition) is 0. The molecule has 3 heteroatoms. The highest BCUT2D eigenvalue weighted by atomic mass is 16.2. The van der Waals surface area contributed by atoms with Crippen molar-refractivity contribution in [2.75, 3.05) is 6.54 Å². The molecule has 0 unspecified atom stereocenters. The highest BCUT2D eigenvalue weighted by Gasteiger charge is 2.23. The van der Waals surface area contributed by atoms with Gasteiger partial charge < -0.3 is 4.90 Å². The first-order chi connectivity index (χ1) is 8.29. The fourth-order valence-corrected chi connectivity index (χ4v) is 1.85. The van der Waals surface area contributed by atoms with Gasteiger partial charge in [-0.15, -0.1) is 0 Å². The molecule has 1 rings (SSSR count). The second-order valence-corrected chi connectivity index (χ2v) is 6.21. The first-order valence-corrected chi connectivity index (χ1v) is 6.48. The molecule has 0 fully saturated rings. The minimum Gasteiger partial charge on any atom is -0.339 e. The summed E-state index contributed by atoms with van der Waals surface area (Å²) in [7, 11) is 0. The Balaban J connectivity index is 2.72. The quantitative estimate of drug-likeness (QED) is 0.821. The number of aromatic nitrogens is 1. The topological polar surface area (TPSA) is 33.2 Å². The van der Waals surface area contributed by atoms with Crippen LogP contribution in [0, 0.1) is 5.41 Å². The Morgan fingerprint density at radius 3 is 2.50 bits per heavy atom. The van der Waals surface area contributed by atoms with Crippen LogP contribution in [0.4, 0.5) is 0 Å². The molecule has 0 radical (unpaired) electrons. The first kappa shape index (κ1) is 14.7. The summed E-state index contributed by atoms with van der Waals surface area (Å²) < 4.78 is 0. The van der Waals surface area contributed by atoms with Gasteiger partial charge in [0.2, 0.25) is 5.91 Å². The standard InChI is InChI=1S/C15H24N2O/c1-12(2)17(11-15(3,4)5)14(18)9-13-7-6-8-16-10-13/h6-8,10,12H,9,11H2,1-5H3. The highest BCUT2D eigenvalue weighted by molar-refractivity contribution is 5.79. The van der Waals surface area contributed by atoms with Crippen LogP contribution in [-0.2, 0) is 11.2 Å². The van der Waals surface area contributed by atoms with Gasteiger partial charge in [-0.1, -0.05) is 26.8 Å². The van der Waals surface area contributed by atoms with E-state index in [1.807, 2.05) is 17.0 Å². The molecule has 0 aliphatic carbocycles. The number of pyridine rings is 1. The van der Waals surface area contributed by atoms with E-state index in [4.69, 9.17) is 0 Å². The summed E-state index contributed by atoms with van der Waals surface area (Å²) in [6, 6.07) is 4.04. The number of carbonyl (C=O) groups is 1. The lowest BCUT2D eigenvalue weighted by molar-refractivity contribution is -0.133. The van der Waals surface area contributed by atoms with E-state index < -0.39 is 0 Å². The second kappa shape index (κ2) is 5.98. The lowest BCUT2D eigenvalue weighted by Crippen LogP contribution is -2.43. The molecule has 0 aromatic carbocycles. The Morgan fingerprint density at radius 2 is 2.06 bits per heavy atom. The van der Waals surface area contributed by atoms with Crippen molar-refractivity contribution in [2.24, 2.45) is 5.41 Å². The van der Waals surface area contributed by atoms with Crippen LogP contribution in [0.25, 0.3) is 0 Å². The van der Waals surface area contributed by atoms with E-state index in [2.05, 4.69) is 39.6 Å². The van der Waals surface area contributed by atoms with Gasteiger partial charge in [0.15, 0.2) is 0 Å². The Bertz CT molecular complexity index is 379. The van der Waals surface area contributed by atoms with Gasteiger partial charge in [-0.2, -0.15) is 0 Å². The summed E-state index contributed by atoms with van der Waals surface area (Å²) in [6.07, 6.45) is 3.92. The van der Waals surface area contributed by atoms with E-state index in [1.54, 1.807) is 12.4 Å². The molecule has 1 amide bonds. The smallest absolute Gasteiger partial charge is 0.227 e. The molecule has 0 aliphatic rings. The molecule has 3 nitrogen and oxygen atoms in total. The van der Waals surface area contributed by atoms with Crippen LogP contribution in [0.1, 0.15) is 40.2 Å². The summed E-state index contributed by atoms with van der Waals surface area (Å²) in [5.74, 6) is 0.174. The number of rotatable bonds is 4. The van der Waals surface area contributed by atoms with Crippen molar-refractivity contribution in [1.29, 1.82) is 0 Å². The molecule has 100 valence electrons. The van der Waals surface area contributed by atoms with Crippen LogP contribution in [0.15, 0.2) is 24.5 Å². The zero-order valence-electron chi connectivity index (χ0n) is 12.1. The minimum absolute atomic E-state index is 0.120. The number of amides is 1. The summed E-state index contributed by atoms with van der Waals surface area (Å²) in [5, 5.41) is 0. The Morgan fingerprint density at radius 1 is 1.39 bits per heavy atom. The fourth-order valence-electron chi connectivity index (χ4n) is 1.85. The third-order valence-electron chi connectivity index (χ3n) is 2.67. The monoisotopic (exact) mass is 248 g/mol. The molecule has 1 heterocycles. The molecule has 0 atom stereocenters. The van der Waals surface area contributed by atoms with Crippen molar-refractivity contribution < 1.29 is 4.79 Å². The van der Waals surface area contributed by atoms with Gasteiger partial charge in [-0.25, -0.2) is 0 Å².